The number of rotatable bonds is 7. The van der Waals surface area contributed by atoms with Gasteiger partial charge in [0.1, 0.15) is 0 Å². The van der Waals surface area contributed by atoms with Crippen LogP contribution in [0.4, 0.5) is 4.79 Å². The third-order valence-corrected chi connectivity index (χ3v) is 4.85. The van der Waals surface area contributed by atoms with E-state index in [9.17, 15) is 9.90 Å². The molecule has 2 heterocycles. The molecule has 0 aliphatic heterocycles. The Morgan fingerprint density at radius 2 is 2.04 bits per heavy atom. The molecule has 3 N–H and O–H groups in total. The van der Waals surface area contributed by atoms with Crippen molar-refractivity contribution < 1.29 is 9.90 Å². The maximum atomic E-state index is 12.4. The highest BCUT2D eigenvalue weighted by atomic mass is 16.3. The van der Waals surface area contributed by atoms with E-state index in [0.717, 1.165) is 12.1 Å². The Balaban J connectivity index is 2.08. The van der Waals surface area contributed by atoms with Crippen LogP contribution in [-0.2, 0) is 0 Å². The molecule has 25 heavy (non-hydrogen) atoms. The van der Waals surface area contributed by atoms with Gasteiger partial charge in [-0.3, -0.25) is 4.40 Å². The molecule has 0 bridgehead atoms. The van der Waals surface area contributed by atoms with Gasteiger partial charge in [0.15, 0.2) is 11.5 Å². The highest BCUT2D eigenvalue weighted by molar-refractivity contribution is 5.74. The summed E-state index contributed by atoms with van der Waals surface area (Å²) < 4.78 is 1.88. The van der Waals surface area contributed by atoms with E-state index in [0.29, 0.717) is 5.82 Å². The second-order valence-electron chi connectivity index (χ2n) is 7.20. The van der Waals surface area contributed by atoms with Crippen LogP contribution in [0.15, 0.2) is 24.4 Å². The lowest BCUT2D eigenvalue weighted by atomic mass is 9.89. The number of aliphatic hydroxyl groups is 1. The summed E-state index contributed by atoms with van der Waals surface area (Å²) in [5.41, 5.74) is -0.203. The Labute approximate surface area is 148 Å². The number of aromatic nitrogens is 3. The van der Waals surface area contributed by atoms with E-state index in [1.54, 1.807) is 6.92 Å². The van der Waals surface area contributed by atoms with Crippen molar-refractivity contribution in [2.45, 2.75) is 52.7 Å². The first-order valence-corrected chi connectivity index (χ1v) is 8.82. The van der Waals surface area contributed by atoms with Gasteiger partial charge in [-0.15, -0.1) is 10.2 Å². The van der Waals surface area contributed by atoms with Crippen LogP contribution in [0.2, 0.25) is 0 Å². The number of urea groups is 1. The van der Waals surface area contributed by atoms with Crippen LogP contribution in [0.5, 0.6) is 0 Å². The largest absolute Gasteiger partial charge is 0.388 e. The number of carbonyl (C=O) groups excluding carboxylic acids is 1. The van der Waals surface area contributed by atoms with Gasteiger partial charge in [0.25, 0.3) is 0 Å². The topological polar surface area (TPSA) is 91.5 Å². The van der Waals surface area contributed by atoms with Crippen LogP contribution in [0.25, 0.3) is 5.65 Å². The molecule has 0 aromatic carbocycles. The Morgan fingerprint density at radius 1 is 1.32 bits per heavy atom. The highest BCUT2D eigenvalue weighted by Gasteiger charge is 2.29. The first kappa shape index (κ1) is 19.2. The van der Waals surface area contributed by atoms with Gasteiger partial charge in [-0.1, -0.05) is 40.2 Å². The fourth-order valence-electron chi connectivity index (χ4n) is 2.67. The average molecular weight is 347 g/mol. The summed E-state index contributed by atoms with van der Waals surface area (Å²) in [6, 6.07) is 5.06. The Bertz CT molecular complexity index is 710. The third-order valence-electron chi connectivity index (χ3n) is 4.85. The second-order valence-corrected chi connectivity index (χ2v) is 7.20. The van der Waals surface area contributed by atoms with Crippen molar-refractivity contribution in [2.24, 2.45) is 11.8 Å². The number of hydrogen-bond acceptors (Lipinski definition) is 4. The van der Waals surface area contributed by atoms with Gasteiger partial charge in [-0.2, -0.15) is 0 Å². The van der Waals surface area contributed by atoms with E-state index in [2.05, 4.69) is 20.8 Å². The molecule has 0 saturated carbocycles. The first-order valence-electron chi connectivity index (χ1n) is 8.82. The normalized spacial score (nSPS) is 16.4. The zero-order chi connectivity index (χ0) is 18.6. The number of amides is 2. The summed E-state index contributed by atoms with van der Waals surface area (Å²) in [7, 11) is 0. The van der Waals surface area contributed by atoms with E-state index in [1.807, 2.05) is 56.5 Å². The van der Waals surface area contributed by atoms with Gasteiger partial charge in [-0.25, -0.2) is 4.79 Å². The van der Waals surface area contributed by atoms with Crippen molar-refractivity contribution in [2.75, 3.05) is 6.54 Å². The van der Waals surface area contributed by atoms with E-state index in [-0.39, 0.29) is 30.5 Å². The van der Waals surface area contributed by atoms with E-state index >= 15 is 0 Å². The number of nitrogens with zero attached hydrogens (tertiary/aromatic N) is 3. The summed E-state index contributed by atoms with van der Waals surface area (Å²) >= 11 is 0. The number of pyridine rings is 1. The van der Waals surface area contributed by atoms with Crippen LogP contribution in [0, 0.1) is 11.8 Å². The van der Waals surface area contributed by atoms with Crippen molar-refractivity contribution in [3.63, 3.8) is 0 Å². The number of carbonyl (C=O) groups is 1. The second kappa shape index (κ2) is 7.82. The zero-order valence-corrected chi connectivity index (χ0v) is 15.7. The molecule has 0 radical (unpaired) electrons. The molecule has 0 aliphatic rings. The summed E-state index contributed by atoms with van der Waals surface area (Å²) in [5.74, 6) is 0.914. The molecule has 7 heteroatoms. The quantitative estimate of drug-likeness (QED) is 0.718. The van der Waals surface area contributed by atoms with Gasteiger partial charge < -0.3 is 15.7 Å². The van der Waals surface area contributed by atoms with Crippen LogP contribution >= 0.6 is 0 Å². The van der Waals surface area contributed by atoms with Gasteiger partial charge >= 0.3 is 6.03 Å². The van der Waals surface area contributed by atoms with Crippen molar-refractivity contribution in [1.29, 1.82) is 0 Å². The summed E-state index contributed by atoms with van der Waals surface area (Å²) in [6.45, 7) is 9.96. The predicted molar refractivity (Wildman–Crippen MR) is 97.2 cm³/mol. The molecule has 0 saturated heterocycles. The van der Waals surface area contributed by atoms with Gasteiger partial charge in [0, 0.05) is 12.7 Å². The van der Waals surface area contributed by atoms with Gasteiger partial charge in [0.2, 0.25) is 0 Å². The molecule has 3 atom stereocenters. The van der Waals surface area contributed by atoms with Crippen molar-refractivity contribution in [1.82, 2.24) is 25.2 Å². The third kappa shape index (κ3) is 4.48. The minimum absolute atomic E-state index is 0.0918. The highest BCUT2D eigenvalue weighted by Crippen LogP contribution is 2.21. The van der Waals surface area contributed by atoms with Crippen molar-refractivity contribution >= 4 is 11.7 Å². The molecule has 0 fully saturated rings. The molecule has 7 nitrogen and oxygen atoms in total. The summed E-state index contributed by atoms with van der Waals surface area (Å²) in [4.78, 5) is 12.4. The summed E-state index contributed by atoms with van der Waals surface area (Å²) in [5, 5.41) is 24.6. The molecular formula is C18H29N5O2. The molecule has 2 rings (SSSR count). The number of hydrogen-bond donors (Lipinski definition) is 3. The Hall–Kier alpha value is -2.15. The minimum atomic E-state index is -0.943. The van der Waals surface area contributed by atoms with Crippen molar-refractivity contribution in [3.05, 3.63) is 30.2 Å². The maximum absolute atomic E-state index is 12.4. The van der Waals surface area contributed by atoms with Crippen LogP contribution in [0.1, 0.15) is 52.9 Å². The number of nitrogens with one attached hydrogen (secondary N) is 2. The Kier molecular flexibility index (Phi) is 6.00. The molecule has 2 amide bonds. The predicted octanol–water partition coefficient (Wildman–Crippen LogP) is 2.52. The van der Waals surface area contributed by atoms with Crippen LogP contribution in [0.3, 0.4) is 0 Å². The monoisotopic (exact) mass is 347 g/mol. The number of fused-ring (bicyclic) bond motifs is 1. The first-order chi connectivity index (χ1) is 11.8. The SMILES string of the molecule is CCC(C)C(C)(O)CNC(=O)NC(c1nnc2ccccn12)C(C)C. The van der Waals surface area contributed by atoms with Gasteiger partial charge in [-0.05, 0) is 30.9 Å². The smallest absolute Gasteiger partial charge is 0.315 e. The lowest BCUT2D eigenvalue weighted by molar-refractivity contribution is 0.00779. The van der Waals surface area contributed by atoms with Crippen molar-refractivity contribution in [3.8, 4) is 0 Å². The van der Waals surface area contributed by atoms with Crippen LogP contribution in [-0.4, -0.2) is 37.9 Å². The maximum Gasteiger partial charge on any atom is 0.315 e. The Morgan fingerprint density at radius 3 is 2.68 bits per heavy atom. The average Bonchev–Trinajstić information content (AvgIpc) is 3.00. The fourth-order valence-corrected chi connectivity index (χ4v) is 2.67. The lowest BCUT2D eigenvalue weighted by Crippen LogP contribution is -2.49. The molecule has 0 spiro atoms. The minimum Gasteiger partial charge on any atom is -0.388 e. The summed E-state index contributed by atoms with van der Waals surface area (Å²) in [6.07, 6.45) is 2.73. The zero-order valence-electron chi connectivity index (χ0n) is 15.7. The van der Waals surface area contributed by atoms with Crippen LogP contribution < -0.4 is 10.6 Å². The molecule has 2 aromatic rings. The van der Waals surface area contributed by atoms with Gasteiger partial charge in [0.05, 0.1) is 11.6 Å². The molecule has 0 aliphatic carbocycles. The van der Waals surface area contributed by atoms with E-state index < -0.39 is 5.60 Å². The molecular weight excluding hydrogens is 318 g/mol. The molecule has 3 unspecified atom stereocenters. The van der Waals surface area contributed by atoms with E-state index in [1.165, 1.54) is 0 Å². The molecule has 2 aromatic heterocycles. The van der Waals surface area contributed by atoms with E-state index in [4.69, 9.17) is 0 Å². The lowest BCUT2D eigenvalue weighted by Gasteiger charge is -2.30. The standard InChI is InChI=1S/C18H29N5O2/c1-6-13(4)18(5,25)11-19-17(24)20-15(12(2)3)16-22-21-14-9-7-8-10-23(14)16/h7-10,12-13,15,25H,6,11H2,1-5H3,(H2,19,20,24). The fraction of sp³-hybridized carbons (Fsp3) is 0.611. The molecule has 138 valence electrons.